The van der Waals surface area contributed by atoms with Crippen LogP contribution in [0.5, 0.6) is 0 Å². The van der Waals surface area contributed by atoms with E-state index in [-0.39, 0.29) is 17.6 Å². The molecule has 1 aliphatic rings. The summed E-state index contributed by atoms with van der Waals surface area (Å²) in [7, 11) is 0. The van der Waals surface area contributed by atoms with Crippen molar-refractivity contribution in [1.29, 1.82) is 0 Å². The van der Waals surface area contributed by atoms with Gasteiger partial charge in [-0.3, -0.25) is 4.79 Å². The summed E-state index contributed by atoms with van der Waals surface area (Å²) >= 11 is 0. The predicted molar refractivity (Wildman–Crippen MR) is 123 cm³/mol. The van der Waals surface area contributed by atoms with Crippen LogP contribution in [0.2, 0.25) is 0 Å². The van der Waals surface area contributed by atoms with Gasteiger partial charge >= 0.3 is 0 Å². The summed E-state index contributed by atoms with van der Waals surface area (Å²) in [6.45, 7) is 10.1. The maximum absolute atomic E-state index is 12.9. The maximum atomic E-state index is 12.9. The number of ether oxygens (including phenoxy) is 1. The van der Waals surface area contributed by atoms with E-state index in [2.05, 4.69) is 80.3 Å². The Kier molecular flexibility index (Phi) is 7.71. The molecule has 1 saturated heterocycles. The zero-order chi connectivity index (χ0) is 21.6. The van der Waals surface area contributed by atoms with Gasteiger partial charge < -0.3 is 9.64 Å². The first-order valence-corrected chi connectivity index (χ1v) is 11.4. The highest BCUT2D eigenvalue weighted by Gasteiger charge is 2.34. The van der Waals surface area contributed by atoms with E-state index in [0.717, 1.165) is 32.4 Å². The fourth-order valence-corrected chi connectivity index (χ4v) is 4.92. The second-order valence-electron chi connectivity index (χ2n) is 9.19. The molecule has 162 valence electrons. The van der Waals surface area contributed by atoms with Crippen molar-refractivity contribution in [3.05, 3.63) is 71.8 Å². The van der Waals surface area contributed by atoms with Gasteiger partial charge in [0.15, 0.2) is 0 Å². The minimum atomic E-state index is -0.0772. The average molecular weight is 408 g/mol. The van der Waals surface area contributed by atoms with Gasteiger partial charge in [0.25, 0.3) is 0 Å². The lowest BCUT2D eigenvalue weighted by atomic mass is 9.75. The summed E-state index contributed by atoms with van der Waals surface area (Å²) in [4.78, 5) is 14.9. The summed E-state index contributed by atoms with van der Waals surface area (Å²) in [6.07, 6.45) is 3.66. The van der Waals surface area contributed by atoms with Gasteiger partial charge in [0, 0.05) is 19.6 Å². The average Bonchev–Trinajstić information content (AvgIpc) is 2.76. The Balaban J connectivity index is 1.81. The van der Waals surface area contributed by atoms with Crippen LogP contribution in [0.25, 0.3) is 0 Å². The van der Waals surface area contributed by atoms with Crippen LogP contribution in [0, 0.1) is 5.92 Å². The van der Waals surface area contributed by atoms with Crippen LogP contribution < -0.4 is 0 Å². The Bertz CT molecular complexity index is 787. The second kappa shape index (κ2) is 10.3. The standard InChI is InChI=1S/C27H37NO2/c1-5-26(29)28(21(2)22-12-8-6-9-13-22)18-16-25(23-14-10-7-11-15-23)24-17-19-30-27(3,4)20-24/h6-15,21,24-25H,5,16-20H2,1-4H3/t21-,24-,25+/m0/s1. The molecular weight excluding hydrogens is 370 g/mol. The molecule has 3 rings (SSSR count). The summed E-state index contributed by atoms with van der Waals surface area (Å²) in [5.74, 6) is 1.23. The van der Waals surface area contributed by atoms with Crippen molar-refractivity contribution >= 4 is 5.91 Å². The highest BCUT2D eigenvalue weighted by molar-refractivity contribution is 5.76. The monoisotopic (exact) mass is 407 g/mol. The third kappa shape index (κ3) is 5.72. The Hall–Kier alpha value is -2.13. The molecule has 0 aliphatic carbocycles. The number of nitrogens with zero attached hydrogens (tertiary/aromatic N) is 1. The maximum Gasteiger partial charge on any atom is 0.222 e. The SMILES string of the molecule is CCC(=O)N(CC[C@H](c1ccccc1)[C@H]1CCOC(C)(C)C1)[C@@H](C)c1ccccc1. The van der Waals surface area contributed by atoms with Crippen molar-refractivity contribution in [2.45, 2.75) is 70.9 Å². The van der Waals surface area contributed by atoms with E-state index >= 15 is 0 Å². The van der Waals surface area contributed by atoms with Crippen molar-refractivity contribution in [2.75, 3.05) is 13.2 Å². The van der Waals surface area contributed by atoms with Crippen LogP contribution in [-0.2, 0) is 9.53 Å². The van der Waals surface area contributed by atoms with Crippen LogP contribution in [0.1, 0.15) is 76.5 Å². The van der Waals surface area contributed by atoms with Crippen molar-refractivity contribution < 1.29 is 9.53 Å². The molecule has 0 bridgehead atoms. The van der Waals surface area contributed by atoms with Gasteiger partial charge in [0.2, 0.25) is 5.91 Å². The van der Waals surface area contributed by atoms with Gasteiger partial charge in [0.05, 0.1) is 11.6 Å². The molecule has 3 atom stereocenters. The first-order chi connectivity index (χ1) is 14.4. The molecule has 0 aromatic heterocycles. The van der Waals surface area contributed by atoms with Gasteiger partial charge in [-0.1, -0.05) is 67.6 Å². The van der Waals surface area contributed by atoms with Crippen LogP contribution in [0.3, 0.4) is 0 Å². The summed E-state index contributed by atoms with van der Waals surface area (Å²) in [5, 5.41) is 0. The van der Waals surface area contributed by atoms with Crippen molar-refractivity contribution in [3.8, 4) is 0 Å². The van der Waals surface area contributed by atoms with Gasteiger partial charge in [0.1, 0.15) is 0 Å². The largest absolute Gasteiger partial charge is 0.376 e. The number of rotatable bonds is 8. The molecule has 3 heteroatoms. The molecule has 1 fully saturated rings. The lowest BCUT2D eigenvalue weighted by molar-refractivity contribution is -0.133. The van der Waals surface area contributed by atoms with E-state index < -0.39 is 0 Å². The number of carbonyl (C=O) groups is 1. The predicted octanol–water partition coefficient (Wildman–Crippen LogP) is 6.37. The minimum absolute atomic E-state index is 0.0772. The number of amides is 1. The van der Waals surface area contributed by atoms with Crippen LogP contribution in [-0.4, -0.2) is 29.6 Å². The van der Waals surface area contributed by atoms with Gasteiger partial charge in [-0.25, -0.2) is 0 Å². The number of carbonyl (C=O) groups excluding carboxylic acids is 1. The third-order valence-corrected chi connectivity index (χ3v) is 6.59. The molecule has 30 heavy (non-hydrogen) atoms. The molecule has 1 amide bonds. The lowest BCUT2D eigenvalue weighted by Crippen LogP contribution is -2.38. The minimum Gasteiger partial charge on any atom is -0.376 e. The normalized spacial score (nSPS) is 20.3. The first-order valence-electron chi connectivity index (χ1n) is 11.4. The highest BCUT2D eigenvalue weighted by atomic mass is 16.5. The summed E-state index contributed by atoms with van der Waals surface area (Å²) in [5.41, 5.74) is 2.51. The topological polar surface area (TPSA) is 29.5 Å². The van der Waals surface area contributed by atoms with E-state index in [1.165, 1.54) is 11.1 Å². The quantitative estimate of drug-likeness (QED) is 0.509. The molecule has 0 unspecified atom stereocenters. The fraction of sp³-hybridized carbons (Fsp3) is 0.519. The summed E-state index contributed by atoms with van der Waals surface area (Å²) < 4.78 is 5.99. The smallest absolute Gasteiger partial charge is 0.222 e. The third-order valence-electron chi connectivity index (χ3n) is 6.59. The van der Waals surface area contributed by atoms with E-state index in [1.54, 1.807) is 0 Å². The Morgan fingerprint density at radius 1 is 1.07 bits per heavy atom. The Labute approximate surface area is 182 Å². The molecule has 0 saturated carbocycles. The molecule has 0 spiro atoms. The van der Waals surface area contributed by atoms with Crippen LogP contribution in [0.15, 0.2) is 60.7 Å². The Morgan fingerprint density at radius 2 is 1.67 bits per heavy atom. The van der Waals surface area contributed by atoms with Gasteiger partial charge in [-0.2, -0.15) is 0 Å². The molecular formula is C27H37NO2. The van der Waals surface area contributed by atoms with Crippen LogP contribution in [0.4, 0.5) is 0 Å². The molecule has 0 radical (unpaired) electrons. The first kappa shape index (κ1) is 22.6. The molecule has 1 aliphatic heterocycles. The fourth-order valence-electron chi connectivity index (χ4n) is 4.92. The molecule has 0 N–H and O–H groups in total. The van der Waals surface area contributed by atoms with Crippen LogP contribution >= 0.6 is 0 Å². The lowest BCUT2D eigenvalue weighted by Gasteiger charge is -2.40. The Morgan fingerprint density at radius 3 is 2.23 bits per heavy atom. The van der Waals surface area contributed by atoms with Crippen molar-refractivity contribution in [1.82, 2.24) is 4.90 Å². The molecule has 3 nitrogen and oxygen atoms in total. The van der Waals surface area contributed by atoms with E-state index in [9.17, 15) is 4.79 Å². The van der Waals surface area contributed by atoms with Crippen molar-refractivity contribution in [2.24, 2.45) is 5.92 Å². The second-order valence-corrected chi connectivity index (χ2v) is 9.19. The molecule has 2 aromatic carbocycles. The van der Waals surface area contributed by atoms with E-state index in [4.69, 9.17) is 4.74 Å². The summed E-state index contributed by atoms with van der Waals surface area (Å²) in [6, 6.07) is 21.3. The highest BCUT2D eigenvalue weighted by Crippen LogP contribution is 2.40. The molecule has 1 heterocycles. The van der Waals surface area contributed by atoms with E-state index in [0.29, 0.717) is 18.3 Å². The number of hydrogen-bond donors (Lipinski definition) is 0. The van der Waals surface area contributed by atoms with Crippen molar-refractivity contribution in [3.63, 3.8) is 0 Å². The van der Waals surface area contributed by atoms with Gasteiger partial charge in [-0.05, 0) is 63.0 Å². The number of benzene rings is 2. The molecule has 2 aromatic rings. The van der Waals surface area contributed by atoms with Gasteiger partial charge in [-0.15, -0.1) is 0 Å². The zero-order valence-corrected chi connectivity index (χ0v) is 19.0. The zero-order valence-electron chi connectivity index (χ0n) is 19.0. The van der Waals surface area contributed by atoms with E-state index in [1.807, 2.05) is 13.0 Å². The number of hydrogen-bond acceptors (Lipinski definition) is 2.